The van der Waals surface area contributed by atoms with Crippen LogP contribution in [-0.4, -0.2) is 43.4 Å². The quantitative estimate of drug-likeness (QED) is 0.883. The van der Waals surface area contributed by atoms with E-state index in [1.807, 2.05) is 32.0 Å². The molecule has 128 valence electrons. The maximum atomic E-state index is 12.3. The van der Waals surface area contributed by atoms with Gasteiger partial charge in [-0.25, -0.2) is 0 Å². The Kier molecular flexibility index (Phi) is 7.52. The molecule has 0 aromatic heterocycles. The average Bonchev–Trinajstić information content (AvgIpc) is 2.52. The molecule has 1 atom stereocenters. The fourth-order valence-electron chi connectivity index (χ4n) is 2.74. The molecule has 6 heteroatoms. The Morgan fingerprint density at radius 1 is 1.35 bits per heavy atom. The molecule has 1 aliphatic rings. The number of benzene rings is 1. The Morgan fingerprint density at radius 2 is 2.09 bits per heavy atom. The number of nitrogens with zero attached hydrogens (tertiary/aromatic N) is 1. The van der Waals surface area contributed by atoms with Crippen LogP contribution in [0.5, 0.6) is 0 Å². The molecule has 2 amide bonds. The van der Waals surface area contributed by atoms with Gasteiger partial charge in [-0.05, 0) is 50.4 Å². The summed E-state index contributed by atoms with van der Waals surface area (Å²) in [6.07, 6.45) is 1.91. The van der Waals surface area contributed by atoms with Gasteiger partial charge in [-0.3, -0.25) is 9.59 Å². The minimum atomic E-state index is -0.159. The van der Waals surface area contributed by atoms with Crippen molar-refractivity contribution in [3.05, 3.63) is 29.3 Å². The number of likely N-dealkylation sites (N-methyl/N-ethyl adjacent to an activating group) is 1. The van der Waals surface area contributed by atoms with E-state index < -0.39 is 0 Å². The fraction of sp³-hybridized carbons (Fsp3) is 0.529. The number of hydrogen-bond acceptors (Lipinski definition) is 3. The summed E-state index contributed by atoms with van der Waals surface area (Å²) in [6, 6.07) is 5.81. The Bertz CT molecular complexity index is 557. The Labute approximate surface area is 144 Å². The molecule has 1 saturated heterocycles. The van der Waals surface area contributed by atoms with Crippen molar-refractivity contribution in [2.24, 2.45) is 5.92 Å². The second-order valence-corrected chi connectivity index (χ2v) is 6.03. The maximum absolute atomic E-state index is 12.3. The lowest BCUT2D eigenvalue weighted by Crippen LogP contribution is -2.43. The Morgan fingerprint density at radius 3 is 2.74 bits per heavy atom. The molecule has 1 aromatic carbocycles. The van der Waals surface area contributed by atoms with Crippen LogP contribution in [0, 0.1) is 19.8 Å². The first kappa shape index (κ1) is 19.5. The minimum Gasteiger partial charge on any atom is -0.336 e. The van der Waals surface area contributed by atoms with Crippen molar-refractivity contribution in [1.29, 1.82) is 0 Å². The van der Waals surface area contributed by atoms with E-state index in [-0.39, 0.29) is 36.7 Å². The van der Waals surface area contributed by atoms with Gasteiger partial charge in [0, 0.05) is 19.3 Å². The zero-order valence-electron chi connectivity index (χ0n) is 14.0. The monoisotopic (exact) mass is 339 g/mol. The third kappa shape index (κ3) is 5.22. The van der Waals surface area contributed by atoms with Gasteiger partial charge >= 0.3 is 0 Å². The predicted molar refractivity (Wildman–Crippen MR) is 95.0 cm³/mol. The maximum Gasteiger partial charge on any atom is 0.243 e. The van der Waals surface area contributed by atoms with Gasteiger partial charge in [0.05, 0.1) is 12.5 Å². The summed E-state index contributed by atoms with van der Waals surface area (Å²) in [4.78, 5) is 26.0. The summed E-state index contributed by atoms with van der Waals surface area (Å²) in [5.41, 5.74) is 3.00. The highest BCUT2D eigenvalue weighted by atomic mass is 35.5. The molecule has 2 N–H and O–H groups in total. The lowest BCUT2D eigenvalue weighted by Gasteiger charge is -2.26. The highest BCUT2D eigenvalue weighted by Crippen LogP contribution is 2.18. The lowest BCUT2D eigenvalue weighted by atomic mass is 9.98. The molecule has 0 saturated carbocycles. The molecule has 0 bridgehead atoms. The Balaban J connectivity index is 0.00000264. The predicted octanol–water partition coefficient (Wildman–Crippen LogP) is 2.12. The molecular formula is C17H26ClN3O2. The number of nitrogens with one attached hydrogen (secondary N) is 2. The standard InChI is InChI=1S/C17H25N3O2.ClH/c1-12-6-4-8-15(13(12)2)19-16(21)11-20(3)17(22)14-7-5-9-18-10-14;/h4,6,8,14,18H,5,7,9-11H2,1-3H3,(H,19,21);1H. The molecule has 5 nitrogen and oxygen atoms in total. The number of rotatable bonds is 4. The van der Waals surface area contributed by atoms with E-state index in [4.69, 9.17) is 0 Å². The van der Waals surface area contributed by atoms with E-state index >= 15 is 0 Å². The molecule has 1 heterocycles. The van der Waals surface area contributed by atoms with Crippen LogP contribution in [0.1, 0.15) is 24.0 Å². The van der Waals surface area contributed by atoms with Crippen molar-refractivity contribution in [3.63, 3.8) is 0 Å². The van der Waals surface area contributed by atoms with Gasteiger partial charge in [0.15, 0.2) is 0 Å². The van der Waals surface area contributed by atoms with Crippen molar-refractivity contribution in [2.45, 2.75) is 26.7 Å². The van der Waals surface area contributed by atoms with Crippen LogP contribution in [0.2, 0.25) is 0 Å². The first-order chi connectivity index (χ1) is 10.5. The molecule has 23 heavy (non-hydrogen) atoms. The molecule has 1 aliphatic heterocycles. The van der Waals surface area contributed by atoms with Gasteiger partial charge in [-0.2, -0.15) is 0 Å². The normalized spacial score (nSPS) is 17.1. The first-order valence-electron chi connectivity index (χ1n) is 7.81. The summed E-state index contributed by atoms with van der Waals surface area (Å²) in [7, 11) is 1.69. The third-order valence-electron chi connectivity index (χ3n) is 4.28. The fourth-order valence-corrected chi connectivity index (χ4v) is 2.74. The zero-order valence-corrected chi connectivity index (χ0v) is 14.8. The molecule has 1 fully saturated rings. The second-order valence-electron chi connectivity index (χ2n) is 6.03. The van der Waals surface area contributed by atoms with Gasteiger partial charge in [0.2, 0.25) is 11.8 Å². The average molecular weight is 340 g/mol. The van der Waals surface area contributed by atoms with Crippen LogP contribution < -0.4 is 10.6 Å². The number of amides is 2. The van der Waals surface area contributed by atoms with Crippen LogP contribution in [0.3, 0.4) is 0 Å². The summed E-state index contributed by atoms with van der Waals surface area (Å²) in [5.74, 6) is -0.121. The van der Waals surface area contributed by atoms with E-state index in [0.717, 1.165) is 36.2 Å². The summed E-state index contributed by atoms with van der Waals surface area (Å²) in [5, 5.41) is 6.12. The summed E-state index contributed by atoms with van der Waals surface area (Å²) in [6.45, 7) is 5.76. The SMILES string of the molecule is Cc1cccc(NC(=O)CN(C)C(=O)C2CCCNC2)c1C.Cl. The topological polar surface area (TPSA) is 61.4 Å². The van der Waals surface area contributed by atoms with Gasteiger partial charge < -0.3 is 15.5 Å². The number of piperidine rings is 1. The number of carbonyl (C=O) groups is 2. The summed E-state index contributed by atoms with van der Waals surface area (Å²) < 4.78 is 0. The van der Waals surface area contributed by atoms with Gasteiger partial charge in [0.25, 0.3) is 0 Å². The molecule has 1 aromatic rings. The van der Waals surface area contributed by atoms with E-state index in [9.17, 15) is 9.59 Å². The highest BCUT2D eigenvalue weighted by Gasteiger charge is 2.25. The van der Waals surface area contributed by atoms with Gasteiger partial charge in [0.1, 0.15) is 0 Å². The number of hydrogen-bond donors (Lipinski definition) is 2. The van der Waals surface area contributed by atoms with Crippen LogP contribution in [0.25, 0.3) is 0 Å². The number of carbonyl (C=O) groups excluding carboxylic acids is 2. The van der Waals surface area contributed by atoms with Crippen molar-refractivity contribution < 1.29 is 9.59 Å². The molecule has 0 spiro atoms. The van der Waals surface area contributed by atoms with Crippen molar-refractivity contribution in [2.75, 3.05) is 32.0 Å². The van der Waals surface area contributed by atoms with Crippen LogP contribution >= 0.6 is 12.4 Å². The van der Waals surface area contributed by atoms with E-state index in [1.165, 1.54) is 4.90 Å². The molecule has 0 aliphatic carbocycles. The minimum absolute atomic E-state index is 0. The number of anilines is 1. The summed E-state index contributed by atoms with van der Waals surface area (Å²) >= 11 is 0. The van der Waals surface area contributed by atoms with E-state index in [1.54, 1.807) is 7.05 Å². The van der Waals surface area contributed by atoms with Gasteiger partial charge in [-0.1, -0.05) is 12.1 Å². The molecular weight excluding hydrogens is 314 g/mol. The van der Waals surface area contributed by atoms with Crippen molar-refractivity contribution in [1.82, 2.24) is 10.2 Å². The smallest absolute Gasteiger partial charge is 0.243 e. The van der Waals surface area contributed by atoms with E-state index in [2.05, 4.69) is 10.6 Å². The molecule has 1 unspecified atom stereocenters. The van der Waals surface area contributed by atoms with Crippen LogP contribution in [0.4, 0.5) is 5.69 Å². The van der Waals surface area contributed by atoms with Crippen LogP contribution in [0.15, 0.2) is 18.2 Å². The van der Waals surface area contributed by atoms with Crippen molar-refractivity contribution in [3.8, 4) is 0 Å². The third-order valence-corrected chi connectivity index (χ3v) is 4.28. The van der Waals surface area contributed by atoms with E-state index in [0.29, 0.717) is 6.54 Å². The zero-order chi connectivity index (χ0) is 16.1. The van der Waals surface area contributed by atoms with Crippen molar-refractivity contribution >= 4 is 29.9 Å². The number of aryl methyl sites for hydroxylation is 1. The molecule has 0 radical (unpaired) electrons. The largest absolute Gasteiger partial charge is 0.336 e. The second kappa shape index (κ2) is 8.89. The lowest BCUT2D eigenvalue weighted by molar-refractivity contribution is -0.137. The van der Waals surface area contributed by atoms with Crippen LogP contribution in [-0.2, 0) is 9.59 Å². The van der Waals surface area contributed by atoms with Gasteiger partial charge in [-0.15, -0.1) is 12.4 Å². The highest BCUT2D eigenvalue weighted by molar-refractivity contribution is 5.95. The molecule has 2 rings (SSSR count). The Hall–Kier alpha value is -1.59. The first-order valence-corrected chi connectivity index (χ1v) is 7.81. The number of halogens is 1.